The molecule has 4 saturated heterocycles. The average Bonchev–Trinajstić information content (AvgIpc) is 3.98. The van der Waals surface area contributed by atoms with Gasteiger partial charge < -0.3 is 38.6 Å². The molecule has 0 spiro atoms. The van der Waals surface area contributed by atoms with Crippen molar-refractivity contribution in [1.29, 1.82) is 0 Å². The van der Waals surface area contributed by atoms with E-state index in [2.05, 4.69) is 37.2 Å². The minimum absolute atomic E-state index is 0.130. The Morgan fingerprint density at radius 3 is 1.79 bits per heavy atom. The van der Waals surface area contributed by atoms with Gasteiger partial charge in [-0.3, -0.25) is 8.37 Å². The molecule has 4 aliphatic heterocycles. The van der Waals surface area contributed by atoms with E-state index in [0.717, 1.165) is 17.7 Å². The molecule has 4 heterocycles. The van der Waals surface area contributed by atoms with Crippen molar-refractivity contribution in [2.45, 2.75) is 85.1 Å². The van der Waals surface area contributed by atoms with Gasteiger partial charge in [-0.05, 0) is 38.1 Å². The van der Waals surface area contributed by atoms with E-state index in [1.54, 1.807) is 45.2 Å². The van der Waals surface area contributed by atoms with Gasteiger partial charge in [-0.25, -0.2) is 0 Å². The molecule has 4 aliphatic rings. The van der Waals surface area contributed by atoms with Crippen molar-refractivity contribution in [3.05, 3.63) is 59.7 Å². The van der Waals surface area contributed by atoms with Gasteiger partial charge in [0.25, 0.3) is 20.2 Å². The number of hydrogen-bond donors (Lipinski definition) is 2. The molecule has 47 heavy (non-hydrogen) atoms. The Labute approximate surface area is 303 Å². The van der Waals surface area contributed by atoms with Crippen molar-refractivity contribution in [1.82, 2.24) is 0 Å². The average molecular weight is 1040 g/mol. The summed E-state index contributed by atoms with van der Waals surface area (Å²) >= 11 is 5.30. The van der Waals surface area contributed by atoms with Crippen LogP contribution < -0.4 is 13.3 Å². The normalized spacial score (nSPS) is 31.6. The van der Waals surface area contributed by atoms with E-state index in [4.69, 9.17) is 36.8 Å². The number of halogens is 3. The third-order valence-electron chi connectivity index (χ3n) is 7.52. The number of rotatable bonds is 11. The van der Waals surface area contributed by atoms with Crippen LogP contribution in [0, 0.1) is 13.8 Å². The summed E-state index contributed by atoms with van der Waals surface area (Å²) in [5, 5.41) is 20.5. The summed E-state index contributed by atoms with van der Waals surface area (Å²) in [6, 6.07) is 11.7. The molecule has 0 bridgehead atoms. The van der Waals surface area contributed by atoms with Crippen LogP contribution in [-0.2, 0) is 57.0 Å². The SMILES string of the molecule is CO[C@@H]1O[C@H](C(CO)OS(=O)(=O)c2ccc(C)cc2)[C@@H](O)C1OS(=O)(=O)c1ccc(C)cc1.CO[C@@H]1O[C@H](C2CO2)[C@H]2OC12.I[I-]I. The second kappa shape index (κ2) is 17.6. The van der Waals surface area contributed by atoms with E-state index in [1.165, 1.54) is 31.4 Å². The van der Waals surface area contributed by atoms with Crippen LogP contribution in [0.15, 0.2) is 58.3 Å². The van der Waals surface area contributed by atoms with E-state index in [9.17, 15) is 27.0 Å². The first kappa shape index (κ1) is 39.9. The summed E-state index contributed by atoms with van der Waals surface area (Å²) in [4.78, 5) is -0.299. The molecule has 266 valence electrons. The fourth-order valence-electron chi connectivity index (χ4n) is 4.94. The molecule has 2 aromatic rings. The number of aliphatic hydroxyl groups excluding tert-OH is 2. The van der Waals surface area contributed by atoms with Gasteiger partial charge in [0.15, 0.2) is 18.7 Å². The topological polar surface area (TPSA) is 189 Å². The Bertz CT molecular complexity index is 1510. The van der Waals surface area contributed by atoms with Crippen LogP contribution in [0.5, 0.6) is 0 Å². The number of aliphatic hydroxyl groups is 2. The van der Waals surface area contributed by atoms with Crippen LogP contribution in [0.2, 0.25) is 0 Å². The van der Waals surface area contributed by atoms with Crippen LogP contribution in [-0.4, -0.2) is 116 Å². The van der Waals surface area contributed by atoms with Gasteiger partial charge in [0.05, 0.1) is 23.0 Å². The van der Waals surface area contributed by atoms with E-state index < -0.39 is 57.5 Å². The number of benzene rings is 2. The van der Waals surface area contributed by atoms with Gasteiger partial charge in [0.1, 0.15) is 42.7 Å². The summed E-state index contributed by atoms with van der Waals surface area (Å²) in [6.07, 6.45) is -6.96. The van der Waals surface area contributed by atoms with Crippen molar-refractivity contribution in [3.63, 3.8) is 0 Å². The first-order valence-electron chi connectivity index (χ1n) is 14.1. The minimum atomic E-state index is -4.32. The summed E-state index contributed by atoms with van der Waals surface area (Å²) in [5.41, 5.74) is 1.67. The number of epoxide rings is 2. The molecule has 0 radical (unpaired) electrons. The molecule has 0 aliphatic carbocycles. The van der Waals surface area contributed by atoms with E-state index in [0.29, 0.717) is 13.3 Å². The van der Waals surface area contributed by atoms with Crippen LogP contribution in [0.1, 0.15) is 11.1 Å². The van der Waals surface area contributed by atoms with Gasteiger partial charge in [-0.1, -0.05) is 35.4 Å². The van der Waals surface area contributed by atoms with Crippen LogP contribution in [0.3, 0.4) is 0 Å². The van der Waals surface area contributed by atoms with E-state index in [1.807, 2.05) is 0 Å². The molecule has 0 amide bonds. The fraction of sp³-hybridized carbons (Fsp3) is 0.571. The van der Waals surface area contributed by atoms with E-state index in [-0.39, 0.29) is 40.5 Å². The molecule has 0 saturated carbocycles. The number of ether oxygens (including phenoxy) is 6. The van der Waals surface area contributed by atoms with Gasteiger partial charge in [0, 0.05) is 14.2 Å². The molecule has 19 heteroatoms. The molecule has 2 N–H and O–H groups in total. The zero-order valence-corrected chi connectivity index (χ0v) is 33.7. The van der Waals surface area contributed by atoms with Crippen molar-refractivity contribution in [3.8, 4) is 0 Å². The van der Waals surface area contributed by atoms with Crippen LogP contribution >= 0.6 is 37.2 Å². The van der Waals surface area contributed by atoms with Gasteiger partial charge in [-0.15, -0.1) is 0 Å². The zero-order chi connectivity index (χ0) is 34.5. The molecule has 2 aromatic carbocycles. The van der Waals surface area contributed by atoms with Gasteiger partial charge >= 0.3 is 50.5 Å². The fourth-order valence-corrected chi connectivity index (χ4v) is 7.10. The maximum absolute atomic E-state index is 12.7. The Balaban J connectivity index is 0.000000291. The molecule has 0 aromatic heterocycles. The quantitative estimate of drug-likeness (QED) is 0.161. The Morgan fingerprint density at radius 1 is 0.830 bits per heavy atom. The van der Waals surface area contributed by atoms with Gasteiger partial charge in [0.2, 0.25) is 0 Å². The second-order valence-electron chi connectivity index (χ2n) is 10.8. The van der Waals surface area contributed by atoms with Crippen molar-refractivity contribution in [2.24, 2.45) is 0 Å². The molecular weight excluding hydrogens is 1010 g/mol. The monoisotopic (exact) mass is 1040 g/mol. The van der Waals surface area contributed by atoms with Crippen LogP contribution in [0.25, 0.3) is 0 Å². The molecule has 4 unspecified atom stereocenters. The van der Waals surface area contributed by atoms with Crippen LogP contribution in [0.4, 0.5) is 0 Å². The number of methoxy groups -OCH3 is 2. The maximum atomic E-state index is 12.7. The predicted octanol–water partition coefficient (Wildman–Crippen LogP) is -0.825. The predicted molar refractivity (Wildman–Crippen MR) is 177 cm³/mol. The van der Waals surface area contributed by atoms with Gasteiger partial charge in [-0.2, -0.15) is 16.8 Å². The molecule has 4 fully saturated rings. The number of aryl methyl sites for hydroxylation is 2. The van der Waals surface area contributed by atoms with E-state index >= 15 is 0 Å². The molecule has 14 nitrogen and oxygen atoms in total. The number of hydrogen-bond acceptors (Lipinski definition) is 14. The Hall–Kier alpha value is 0.130. The molecule has 6 rings (SSSR count). The molecular formula is C28H36I3O14S2-. The first-order valence-corrected chi connectivity index (χ1v) is 29.5. The second-order valence-corrected chi connectivity index (χ2v) is 30.2. The summed E-state index contributed by atoms with van der Waals surface area (Å²) < 4.78 is 92.5. The summed E-state index contributed by atoms with van der Waals surface area (Å²) in [7, 11) is -5.80. The zero-order valence-electron chi connectivity index (χ0n) is 25.6. The van der Waals surface area contributed by atoms with Crippen molar-refractivity contribution < 1.29 is 77.1 Å². The summed E-state index contributed by atoms with van der Waals surface area (Å²) in [5.74, 6) is 0. The third kappa shape index (κ3) is 10.4. The summed E-state index contributed by atoms with van der Waals surface area (Å²) in [6.45, 7) is 3.54. The van der Waals surface area contributed by atoms with Crippen molar-refractivity contribution in [2.75, 3.05) is 27.4 Å². The standard InChI is InChI=1S/C21H26O10S2.C7H10O4.I3/c1-13-4-8-15(9-5-13)32(24,25)30-17(12-22)19-18(23)20(21(28-3)29-19)31-33(26,27)16-10-6-14(2)7-11-16;1-8-7-6-5(10-6)4(11-7)3-2-9-3;1-3-2/h4-11,17-23H,12H2,1-3H3;3-7H,2H2,1H3;/q;;-1/t17?,18-,19-,20?,21-;3?,4-,5-,6?,7-;/m11./s1. The number of fused-ring (bicyclic) bond motifs is 1. The molecule has 10 atom stereocenters. The Morgan fingerprint density at radius 2 is 1.34 bits per heavy atom. The third-order valence-corrected chi connectivity index (χ3v) is 10.2. The Kier molecular flexibility index (Phi) is 14.9. The first-order chi connectivity index (χ1) is 22.3. The van der Waals surface area contributed by atoms with Crippen molar-refractivity contribution >= 4 is 57.5 Å².